The molecule has 1 unspecified atom stereocenters. The largest absolute Gasteiger partial charge is 0.379 e. The molecule has 0 aromatic rings. The second kappa shape index (κ2) is 5.33. The Morgan fingerprint density at radius 1 is 1.47 bits per heavy atom. The summed E-state index contributed by atoms with van der Waals surface area (Å²) >= 11 is 0. The van der Waals surface area contributed by atoms with Gasteiger partial charge in [0.25, 0.3) is 0 Å². The Morgan fingerprint density at radius 3 is 2.65 bits per heavy atom. The maximum Gasteiger partial charge on any atom is 0.237 e. The molecule has 0 spiro atoms. The first-order valence-corrected chi connectivity index (χ1v) is 6.48. The van der Waals surface area contributed by atoms with Crippen LogP contribution >= 0.6 is 0 Å². The molecule has 3 N–H and O–H groups in total. The second-order valence-electron chi connectivity index (χ2n) is 5.32. The average Bonchev–Trinajstić information content (AvgIpc) is 3.11. The summed E-state index contributed by atoms with van der Waals surface area (Å²) in [6.45, 7) is 6.33. The number of rotatable bonds is 6. The lowest BCUT2D eigenvalue weighted by atomic mass is 9.96. The zero-order chi connectivity index (χ0) is 12.3. The van der Waals surface area contributed by atoms with Gasteiger partial charge in [-0.05, 0) is 26.2 Å². The van der Waals surface area contributed by atoms with Crippen LogP contribution in [0.1, 0.15) is 26.2 Å². The van der Waals surface area contributed by atoms with E-state index in [9.17, 15) is 4.79 Å². The Balaban J connectivity index is 1.81. The van der Waals surface area contributed by atoms with Crippen molar-refractivity contribution in [2.24, 2.45) is 5.73 Å². The van der Waals surface area contributed by atoms with Crippen molar-refractivity contribution in [1.29, 1.82) is 0 Å². The Morgan fingerprint density at radius 2 is 2.12 bits per heavy atom. The van der Waals surface area contributed by atoms with E-state index in [4.69, 9.17) is 10.5 Å². The number of hydrogen-bond donors (Lipinski definition) is 2. The van der Waals surface area contributed by atoms with Gasteiger partial charge in [0.05, 0.1) is 18.8 Å². The summed E-state index contributed by atoms with van der Waals surface area (Å²) in [5, 5.41) is 3.37. The summed E-state index contributed by atoms with van der Waals surface area (Å²) in [6, 6.07) is 0.497. The fourth-order valence-corrected chi connectivity index (χ4v) is 2.15. The van der Waals surface area contributed by atoms with Crippen LogP contribution in [0.4, 0.5) is 0 Å². The van der Waals surface area contributed by atoms with Gasteiger partial charge in [0, 0.05) is 25.7 Å². The van der Waals surface area contributed by atoms with Crippen molar-refractivity contribution in [3.63, 3.8) is 0 Å². The summed E-state index contributed by atoms with van der Waals surface area (Å²) in [4.78, 5) is 13.9. The molecule has 5 heteroatoms. The number of carbonyl (C=O) groups is 1. The van der Waals surface area contributed by atoms with Crippen molar-refractivity contribution in [3.05, 3.63) is 0 Å². The van der Waals surface area contributed by atoms with Crippen LogP contribution in [-0.4, -0.2) is 55.2 Å². The molecule has 1 saturated heterocycles. The zero-order valence-corrected chi connectivity index (χ0v) is 10.6. The summed E-state index contributed by atoms with van der Waals surface area (Å²) < 4.78 is 5.30. The number of morpholine rings is 1. The van der Waals surface area contributed by atoms with Gasteiger partial charge >= 0.3 is 0 Å². The lowest BCUT2D eigenvalue weighted by Gasteiger charge is -2.32. The molecule has 2 fully saturated rings. The van der Waals surface area contributed by atoms with Crippen molar-refractivity contribution in [3.8, 4) is 0 Å². The normalized spacial score (nSPS) is 25.5. The minimum atomic E-state index is -0.556. The molecule has 1 heterocycles. The van der Waals surface area contributed by atoms with Gasteiger partial charge in [-0.25, -0.2) is 0 Å². The van der Waals surface area contributed by atoms with E-state index in [1.54, 1.807) is 0 Å². The highest BCUT2D eigenvalue weighted by atomic mass is 16.5. The number of nitrogens with two attached hydrogens (primary N) is 1. The third-order valence-corrected chi connectivity index (χ3v) is 3.68. The minimum absolute atomic E-state index is 0.238. The van der Waals surface area contributed by atoms with Gasteiger partial charge in [-0.3, -0.25) is 9.69 Å². The number of ether oxygens (including phenoxy) is 1. The molecule has 2 aliphatic rings. The number of primary amides is 1. The standard InChI is InChI=1S/C12H23N3O2/c1-12(11(13)16,14-10-2-3-10)4-5-15-6-8-17-9-7-15/h10,14H,2-9H2,1H3,(H2,13,16). The maximum atomic E-state index is 11.6. The van der Waals surface area contributed by atoms with E-state index in [0.717, 1.165) is 39.3 Å². The number of amides is 1. The van der Waals surface area contributed by atoms with E-state index in [1.807, 2.05) is 6.92 Å². The van der Waals surface area contributed by atoms with Gasteiger partial charge in [0.2, 0.25) is 5.91 Å². The first kappa shape index (κ1) is 12.8. The highest BCUT2D eigenvalue weighted by Gasteiger charge is 2.37. The van der Waals surface area contributed by atoms with Gasteiger partial charge in [-0.2, -0.15) is 0 Å². The summed E-state index contributed by atoms with van der Waals surface area (Å²) in [6.07, 6.45) is 3.11. The molecule has 0 radical (unpaired) electrons. The average molecular weight is 241 g/mol. The van der Waals surface area contributed by atoms with Gasteiger partial charge in [-0.1, -0.05) is 0 Å². The first-order chi connectivity index (χ1) is 8.10. The predicted molar refractivity (Wildman–Crippen MR) is 65.6 cm³/mol. The molecule has 0 aromatic heterocycles. The highest BCUT2D eigenvalue weighted by molar-refractivity contribution is 5.84. The topological polar surface area (TPSA) is 67.6 Å². The fourth-order valence-electron chi connectivity index (χ4n) is 2.15. The molecule has 1 amide bonds. The summed E-state index contributed by atoms with van der Waals surface area (Å²) in [5.41, 5.74) is 4.96. The minimum Gasteiger partial charge on any atom is -0.379 e. The third-order valence-electron chi connectivity index (χ3n) is 3.68. The van der Waals surface area contributed by atoms with E-state index in [-0.39, 0.29) is 5.91 Å². The Labute approximate surface area is 103 Å². The Bertz CT molecular complexity index is 275. The number of nitrogens with zero attached hydrogens (tertiary/aromatic N) is 1. The molecular formula is C12H23N3O2. The molecule has 1 saturated carbocycles. The quantitative estimate of drug-likeness (QED) is 0.670. The Hall–Kier alpha value is -0.650. The smallest absolute Gasteiger partial charge is 0.237 e. The maximum absolute atomic E-state index is 11.6. The van der Waals surface area contributed by atoms with Gasteiger partial charge < -0.3 is 15.8 Å². The zero-order valence-electron chi connectivity index (χ0n) is 10.6. The highest BCUT2D eigenvalue weighted by Crippen LogP contribution is 2.24. The molecule has 5 nitrogen and oxygen atoms in total. The monoisotopic (exact) mass is 241 g/mol. The van der Waals surface area contributed by atoms with E-state index in [1.165, 1.54) is 12.8 Å². The Kier molecular flexibility index (Phi) is 4.01. The molecule has 17 heavy (non-hydrogen) atoms. The molecule has 1 aliphatic heterocycles. The van der Waals surface area contributed by atoms with Crippen LogP contribution in [-0.2, 0) is 9.53 Å². The number of nitrogens with one attached hydrogen (secondary N) is 1. The summed E-state index contributed by atoms with van der Waals surface area (Å²) in [7, 11) is 0. The van der Waals surface area contributed by atoms with Crippen LogP contribution in [0.3, 0.4) is 0 Å². The molecule has 0 aromatic carbocycles. The van der Waals surface area contributed by atoms with Crippen LogP contribution in [0.25, 0.3) is 0 Å². The van der Waals surface area contributed by atoms with E-state index < -0.39 is 5.54 Å². The van der Waals surface area contributed by atoms with E-state index in [2.05, 4.69) is 10.2 Å². The second-order valence-corrected chi connectivity index (χ2v) is 5.32. The molecular weight excluding hydrogens is 218 g/mol. The van der Waals surface area contributed by atoms with Gasteiger partial charge in [-0.15, -0.1) is 0 Å². The molecule has 98 valence electrons. The van der Waals surface area contributed by atoms with E-state index >= 15 is 0 Å². The molecule has 0 bridgehead atoms. The number of carbonyl (C=O) groups excluding carboxylic acids is 1. The van der Waals surface area contributed by atoms with Gasteiger partial charge in [0.1, 0.15) is 0 Å². The van der Waals surface area contributed by atoms with Crippen molar-refractivity contribution < 1.29 is 9.53 Å². The SMILES string of the molecule is CC(CCN1CCOCC1)(NC1CC1)C(N)=O. The molecule has 2 rings (SSSR count). The predicted octanol–water partition coefficient (Wildman–Crippen LogP) is -0.295. The van der Waals surface area contributed by atoms with E-state index in [0.29, 0.717) is 6.04 Å². The van der Waals surface area contributed by atoms with Crippen molar-refractivity contribution in [2.45, 2.75) is 37.8 Å². The van der Waals surface area contributed by atoms with Gasteiger partial charge in [0.15, 0.2) is 0 Å². The van der Waals surface area contributed by atoms with Crippen LogP contribution in [0.15, 0.2) is 0 Å². The molecule has 1 aliphatic carbocycles. The van der Waals surface area contributed by atoms with Crippen LogP contribution in [0.5, 0.6) is 0 Å². The lowest BCUT2D eigenvalue weighted by Crippen LogP contribution is -2.55. The third kappa shape index (κ3) is 3.66. The number of hydrogen-bond acceptors (Lipinski definition) is 4. The van der Waals surface area contributed by atoms with Crippen molar-refractivity contribution in [1.82, 2.24) is 10.2 Å². The van der Waals surface area contributed by atoms with Crippen LogP contribution in [0, 0.1) is 0 Å². The van der Waals surface area contributed by atoms with Crippen molar-refractivity contribution in [2.75, 3.05) is 32.8 Å². The lowest BCUT2D eigenvalue weighted by molar-refractivity contribution is -0.124. The van der Waals surface area contributed by atoms with Crippen LogP contribution in [0.2, 0.25) is 0 Å². The molecule has 1 atom stereocenters. The fraction of sp³-hybridized carbons (Fsp3) is 0.917. The van der Waals surface area contributed by atoms with Crippen LogP contribution < -0.4 is 11.1 Å². The van der Waals surface area contributed by atoms with Crippen molar-refractivity contribution >= 4 is 5.91 Å². The first-order valence-electron chi connectivity index (χ1n) is 6.48. The summed E-state index contributed by atoms with van der Waals surface area (Å²) in [5.74, 6) is -0.238.